The zero-order valence-electron chi connectivity index (χ0n) is 8.73. The van der Waals surface area contributed by atoms with Gasteiger partial charge in [-0.25, -0.2) is 4.98 Å². The third kappa shape index (κ3) is 3.43. The number of aryl methyl sites for hydroxylation is 1. The molecule has 0 aromatic carbocycles. The van der Waals surface area contributed by atoms with E-state index in [9.17, 15) is 4.79 Å². The van der Waals surface area contributed by atoms with Crippen LogP contribution in [0.4, 0.5) is 0 Å². The summed E-state index contributed by atoms with van der Waals surface area (Å²) in [6.07, 6.45) is 4.61. The molecule has 1 aromatic heterocycles. The van der Waals surface area contributed by atoms with E-state index in [1.165, 1.54) is 0 Å². The molecule has 0 aliphatic heterocycles. The van der Waals surface area contributed by atoms with E-state index in [-0.39, 0.29) is 12.5 Å². The molecular weight excluding hydrogens is 192 g/mol. The van der Waals surface area contributed by atoms with Crippen LogP contribution < -0.4 is 5.32 Å². The maximum Gasteiger partial charge on any atom is 0.240 e. The van der Waals surface area contributed by atoms with Crippen LogP contribution in [0, 0.1) is 11.3 Å². The number of nitrogens with one attached hydrogen (secondary N) is 1. The fourth-order valence-corrected chi connectivity index (χ4v) is 1.27. The fourth-order valence-electron chi connectivity index (χ4n) is 1.27. The molecule has 0 radical (unpaired) electrons. The van der Waals surface area contributed by atoms with E-state index in [4.69, 9.17) is 5.26 Å². The Morgan fingerprint density at radius 1 is 1.73 bits per heavy atom. The molecule has 0 saturated carbocycles. The monoisotopic (exact) mass is 206 g/mol. The van der Waals surface area contributed by atoms with Crippen molar-refractivity contribution in [2.24, 2.45) is 0 Å². The Balaban J connectivity index is 2.41. The summed E-state index contributed by atoms with van der Waals surface area (Å²) in [4.78, 5) is 15.5. The van der Waals surface area contributed by atoms with E-state index in [1.54, 1.807) is 12.4 Å². The van der Waals surface area contributed by atoms with Crippen molar-refractivity contribution in [3.63, 3.8) is 0 Å². The van der Waals surface area contributed by atoms with Gasteiger partial charge in [0.1, 0.15) is 12.4 Å². The molecule has 0 fully saturated rings. The lowest BCUT2D eigenvalue weighted by Gasteiger charge is -2.06. The van der Waals surface area contributed by atoms with Crippen molar-refractivity contribution in [2.75, 3.05) is 6.54 Å². The van der Waals surface area contributed by atoms with E-state index in [0.29, 0.717) is 13.0 Å². The average molecular weight is 206 g/mol. The third-order valence-electron chi connectivity index (χ3n) is 1.99. The lowest BCUT2D eigenvalue weighted by molar-refractivity contribution is -0.121. The van der Waals surface area contributed by atoms with Crippen molar-refractivity contribution in [1.29, 1.82) is 5.26 Å². The third-order valence-corrected chi connectivity index (χ3v) is 1.99. The zero-order valence-corrected chi connectivity index (χ0v) is 8.73. The van der Waals surface area contributed by atoms with E-state index in [1.807, 2.05) is 17.6 Å². The first kappa shape index (κ1) is 11.2. The number of aromatic nitrogens is 2. The van der Waals surface area contributed by atoms with Crippen molar-refractivity contribution in [2.45, 2.75) is 26.3 Å². The van der Waals surface area contributed by atoms with Gasteiger partial charge in [-0.15, -0.1) is 0 Å². The molecule has 15 heavy (non-hydrogen) atoms. The molecule has 0 atom stereocenters. The van der Waals surface area contributed by atoms with Crippen LogP contribution in [0.2, 0.25) is 0 Å². The van der Waals surface area contributed by atoms with Gasteiger partial charge in [-0.1, -0.05) is 6.92 Å². The highest BCUT2D eigenvalue weighted by Crippen LogP contribution is 1.97. The summed E-state index contributed by atoms with van der Waals surface area (Å²) in [7, 11) is 0. The first-order valence-corrected chi connectivity index (χ1v) is 4.91. The Kier molecular flexibility index (Phi) is 4.35. The smallest absolute Gasteiger partial charge is 0.240 e. The Morgan fingerprint density at radius 2 is 2.53 bits per heavy atom. The Hall–Kier alpha value is -1.83. The van der Waals surface area contributed by atoms with Crippen LogP contribution in [-0.2, 0) is 17.8 Å². The van der Waals surface area contributed by atoms with Crippen LogP contribution in [0.3, 0.4) is 0 Å². The quantitative estimate of drug-likeness (QED) is 0.712. The van der Waals surface area contributed by atoms with E-state index in [0.717, 1.165) is 12.2 Å². The van der Waals surface area contributed by atoms with Gasteiger partial charge >= 0.3 is 0 Å². The lowest BCUT2D eigenvalue weighted by atomic mass is 10.4. The molecule has 0 bridgehead atoms. The molecule has 5 nitrogen and oxygen atoms in total. The highest BCUT2D eigenvalue weighted by Gasteiger charge is 2.05. The van der Waals surface area contributed by atoms with E-state index < -0.39 is 0 Å². The first-order chi connectivity index (χ1) is 7.27. The number of carbonyl (C=O) groups is 1. The second-order valence-corrected chi connectivity index (χ2v) is 3.08. The Morgan fingerprint density at radius 3 is 3.20 bits per heavy atom. The summed E-state index contributed by atoms with van der Waals surface area (Å²) >= 11 is 0. The fraction of sp³-hybridized carbons (Fsp3) is 0.500. The van der Waals surface area contributed by atoms with Gasteiger partial charge in [-0.2, -0.15) is 5.26 Å². The zero-order chi connectivity index (χ0) is 11.1. The minimum atomic E-state index is -0.0852. The SMILES string of the molecule is CCc1nccn1CC(=O)NCCC#N. The number of hydrogen-bond acceptors (Lipinski definition) is 3. The van der Waals surface area contributed by atoms with Gasteiger partial charge in [0, 0.05) is 25.4 Å². The van der Waals surface area contributed by atoms with Gasteiger partial charge in [0.05, 0.1) is 12.5 Å². The Labute approximate surface area is 88.7 Å². The lowest BCUT2D eigenvalue weighted by Crippen LogP contribution is -2.28. The molecule has 1 N–H and O–H groups in total. The Bertz CT molecular complexity index is 364. The maximum absolute atomic E-state index is 11.4. The van der Waals surface area contributed by atoms with Gasteiger partial charge in [0.2, 0.25) is 5.91 Å². The highest BCUT2D eigenvalue weighted by atomic mass is 16.1. The molecule has 0 saturated heterocycles. The number of amides is 1. The van der Waals surface area contributed by atoms with Crippen molar-refractivity contribution in [3.8, 4) is 6.07 Å². The predicted molar refractivity (Wildman–Crippen MR) is 54.8 cm³/mol. The van der Waals surface area contributed by atoms with Gasteiger partial charge in [-0.3, -0.25) is 4.79 Å². The van der Waals surface area contributed by atoms with Crippen LogP contribution in [0.15, 0.2) is 12.4 Å². The van der Waals surface area contributed by atoms with Gasteiger partial charge in [0.25, 0.3) is 0 Å². The maximum atomic E-state index is 11.4. The van der Waals surface area contributed by atoms with Gasteiger partial charge in [0.15, 0.2) is 0 Å². The number of imidazole rings is 1. The van der Waals surface area contributed by atoms with E-state index >= 15 is 0 Å². The number of nitriles is 1. The second-order valence-electron chi connectivity index (χ2n) is 3.08. The topological polar surface area (TPSA) is 70.7 Å². The largest absolute Gasteiger partial charge is 0.354 e. The molecule has 0 spiro atoms. The first-order valence-electron chi connectivity index (χ1n) is 4.91. The van der Waals surface area contributed by atoms with Crippen molar-refractivity contribution in [1.82, 2.24) is 14.9 Å². The molecular formula is C10H14N4O. The van der Waals surface area contributed by atoms with E-state index in [2.05, 4.69) is 10.3 Å². The summed E-state index contributed by atoms with van der Waals surface area (Å²) in [5, 5.41) is 11.0. The molecule has 5 heteroatoms. The number of rotatable bonds is 5. The van der Waals surface area contributed by atoms with Crippen LogP contribution >= 0.6 is 0 Å². The molecule has 0 aliphatic rings. The molecule has 1 heterocycles. The number of carbonyl (C=O) groups excluding carboxylic acids is 1. The van der Waals surface area contributed by atoms with Gasteiger partial charge < -0.3 is 9.88 Å². The molecule has 1 aromatic rings. The van der Waals surface area contributed by atoms with Crippen LogP contribution in [-0.4, -0.2) is 22.0 Å². The van der Waals surface area contributed by atoms with Crippen LogP contribution in [0.25, 0.3) is 0 Å². The van der Waals surface area contributed by atoms with Crippen LogP contribution in [0.1, 0.15) is 19.2 Å². The summed E-state index contributed by atoms with van der Waals surface area (Å²) in [6, 6.07) is 1.97. The molecule has 0 aliphatic carbocycles. The summed E-state index contributed by atoms with van der Waals surface area (Å²) in [6.45, 7) is 2.67. The minimum Gasteiger partial charge on any atom is -0.354 e. The summed E-state index contributed by atoms with van der Waals surface area (Å²) in [5.74, 6) is 0.809. The average Bonchev–Trinajstić information content (AvgIpc) is 2.65. The minimum absolute atomic E-state index is 0.0852. The molecule has 1 rings (SSSR count). The molecule has 80 valence electrons. The standard InChI is InChI=1S/C10H14N4O/c1-2-9-12-6-7-14(9)8-10(15)13-5-3-4-11/h6-7H,2-3,5,8H2,1H3,(H,13,15). The van der Waals surface area contributed by atoms with Crippen molar-refractivity contribution < 1.29 is 4.79 Å². The molecule has 1 amide bonds. The van der Waals surface area contributed by atoms with Crippen molar-refractivity contribution >= 4 is 5.91 Å². The van der Waals surface area contributed by atoms with Crippen molar-refractivity contribution in [3.05, 3.63) is 18.2 Å². The highest BCUT2D eigenvalue weighted by molar-refractivity contribution is 5.75. The normalized spacial score (nSPS) is 9.60. The number of nitrogens with zero attached hydrogens (tertiary/aromatic N) is 3. The molecule has 0 unspecified atom stereocenters. The summed E-state index contributed by atoms with van der Waals surface area (Å²) < 4.78 is 1.81. The predicted octanol–water partition coefficient (Wildman–Crippen LogP) is 0.475. The summed E-state index contributed by atoms with van der Waals surface area (Å²) in [5.41, 5.74) is 0. The van der Waals surface area contributed by atoms with Crippen LogP contribution in [0.5, 0.6) is 0 Å². The second kappa shape index (κ2) is 5.81. The van der Waals surface area contributed by atoms with Gasteiger partial charge in [-0.05, 0) is 0 Å². The number of hydrogen-bond donors (Lipinski definition) is 1.